The minimum Gasteiger partial charge on any atom is -0.370 e. The van der Waals surface area contributed by atoms with Crippen LogP contribution in [0.15, 0.2) is 73.3 Å². The number of carbonyl (C=O) groups is 6. The number of halogens is 1. The number of piperidine rings is 2. The number of nitrogens with zero attached hydrogens (tertiary/aromatic N) is 10. The van der Waals surface area contributed by atoms with Crippen molar-refractivity contribution in [1.82, 2.24) is 49.8 Å². The minimum absolute atomic E-state index is 0.0198. The van der Waals surface area contributed by atoms with Crippen LogP contribution in [0.2, 0.25) is 5.15 Å². The van der Waals surface area contributed by atoms with Gasteiger partial charge in [-0.05, 0) is 92.6 Å². The Morgan fingerprint density at radius 1 is 0.794 bits per heavy atom. The molecule has 0 spiro atoms. The van der Waals surface area contributed by atoms with Crippen LogP contribution in [-0.2, 0) is 14.4 Å². The number of carbonyl (C=O) groups excluding carboxylic acids is 6. The maximum absolute atomic E-state index is 13.5. The number of imidazole rings is 1. The number of nitrogens with one attached hydrogen (secondary N) is 3. The standard InChI is InChI=1S/C48H50ClN13O6/c49-39-3-1-2-37(55-39)44(64)54-31-20-34(21-31)61-27-52-41-42(50-26-51-43(41)61)53-30-4-6-32(7-5-30)58-18-16-57(17-19-58)23-28-12-14-59(15-13-28)46(66)29-24-60(25-29)33-8-9-35-36(22-33)48(68)62(47(35)67)38-10-11-40(63)56-45(38)65/h1-9,22,26-29,31,34,38H,10-21,23-25H2,(H,54,64)(H,50,51,53)(H,56,63,65)/t31?,34?,38-/m0/s1. The highest BCUT2D eigenvalue weighted by Crippen LogP contribution is 2.37. The van der Waals surface area contributed by atoms with Gasteiger partial charge in [-0.15, -0.1) is 0 Å². The Bertz CT molecular complexity index is 2830. The van der Waals surface area contributed by atoms with E-state index in [9.17, 15) is 28.8 Å². The van der Waals surface area contributed by atoms with Gasteiger partial charge in [0, 0.05) is 94.5 Å². The van der Waals surface area contributed by atoms with E-state index in [1.54, 1.807) is 49.1 Å². The molecule has 5 fully saturated rings. The summed E-state index contributed by atoms with van der Waals surface area (Å²) in [5, 5.41) is 8.99. The summed E-state index contributed by atoms with van der Waals surface area (Å²) in [7, 11) is 0. The van der Waals surface area contributed by atoms with Crippen LogP contribution >= 0.6 is 11.6 Å². The van der Waals surface area contributed by atoms with Crippen molar-refractivity contribution in [2.75, 3.05) is 74.0 Å². The van der Waals surface area contributed by atoms with Crippen molar-refractivity contribution in [3.8, 4) is 0 Å². The van der Waals surface area contributed by atoms with Gasteiger partial charge in [0.1, 0.15) is 23.2 Å². The predicted molar refractivity (Wildman–Crippen MR) is 251 cm³/mol. The highest BCUT2D eigenvalue weighted by atomic mass is 35.5. The molecule has 20 heteroatoms. The van der Waals surface area contributed by atoms with Gasteiger partial charge in [0.2, 0.25) is 17.7 Å². The maximum atomic E-state index is 13.5. The smallest absolute Gasteiger partial charge is 0.270 e. The number of imide groups is 2. The topological polar surface area (TPSA) is 211 Å². The van der Waals surface area contributed by atoms with Crippen LogP contribution in [0, 0.1) is 11.8 Å². The summed E-state index contributed by atoms with van der Waals surface area (Å²) >= 11 is 5.96. The van der Waals surface area contributed by atoms with Gasteiger partial charge in [0.25, 0.3) is 17.7 Å². The predicted octanol–water partition coefficient (Wildman–Crippen LogP) is 3.65. The van der Waals surface area contributed by atoms with E-state index in [0.717, 1.165) is 93.4 Å². The van der Waals surface area contributed by atoms with E-state index in [-0.39, 0.29) is 58.9 Å². The quantitative estimate of drug-likeness (QED) is 0.128. The van der Waals surface area contributed by atoms with Crippen molar-refractivity contribution in [2.24, 2.45) is 11.8 Å². The lowest BCUT2D eigenvalue weighted by atomic mass is 9.86. The van der Waals surface area contributed by atoms with Crippen LogP contribution in [0.25, 0.3) is 11.2 Å². The van der Waals surface area contributed by atoms with Crippen LogP contribution in [0.3, 0.4) is 0 Å². The summed E-state index contributed by atoms with van der Waals surface area (Å²) in [6.45, 7) is 7.42. The third kappa shape index (κ3) is 8.37. The molecule has 11 rings (SSSR count). The average Bonchev–Trinajstić information content (AvgIpc) is 3.85. The Labute approximate surface area is 396 Å². The molecule has 1 atom stereocenters. The van der Waals surface area contributed by atoms with Gasteiger partial charge in [-0.25, -0.2) is 19.9 Å². The lowest BCUT2D eigenvalue weighted by Crippen LogP contribution is -2.56. The first kappa shape index (κ1) is 43.6. The third-order valence-corrected chi connectivity index (χ3v) is 14.7. The SMILES string of the molecule is O=C1CC[C@H](N2C(=O)c3ccc(N4CC(C(=O)N5CCC(CN6CCN(c7ccc(Nc8ncnc9c8ncn9C8CC(NC(=O)c9cccc(Cl)n9)C8)cc7)CC6)CC5)C4)cc3C2=O)C(=O)N1. The lowest BCUT2D eigenvalue weighted by Gasteiger charge is -2.44. The Balaban J connectivity index is 0.606. The number of anilines is 4. The van der Waals surface area contributed by atoms with Crippen LogP contribution in [0.5, 0.6) is 0 Å². The second kappa shape index (κ2) is 17.9. The second-order valence-corrected chi connectivity index (χ2v) is 19.1. The fraction of sp³-hybridized carbons (Fsp3) is 0.417. The van der Waals surface area contributed by atoms with Crippen molar-refractivity contribution in [3.05, 3.63) is 95.3 Å². The number of likely N-dealkylation sites (tertiary alicyclic amines) is 1. The molecule has 5 aliphatic heterocycles. The molecule has 1 aliphatic carbocycles. The van der Waals surface area contributed by atoms with E-state index in [1.807, 2.05) is 9.80 Å². The Morgan fingerprint density at radius 3 is 2.29 bits per heavy atom. The number of benzene rings is 2. The second-order valence-electron chi connectivity index (χ2n) is 18.7. The van der Waals surface area contributed by atoms with Crippen LogP contribution in [-0.4, -0.2) is 146 Å². The molecule has 350 valence electrons. The van der Waals surface area contributed by atoms with Crippen LogP contribution < -0.4 is 25.8 Å². The first-order chi connectivity index (χ1) is 33.0. The fourth-order valence-electron chi connectivity index (χ4n) is 10.5. The van der Waals surface area contributed by atoms with Crippen molar-refractivity contribution in [3.63, 3.8) is 0 Å². The van der Waals surface area contributed by atoms with Crippen LogP contribution in [0.1, 0.15) is 75.8 Å². The number of hydrogen-bond donors (Lipinski definition) is 3. The molecule has 19 nitrogen and oxygen atoms in total. The summed E-state index contributed by atoms with van der Waals surface area (Å²) in [6.07, 6.45) is 6.97. The number of pyridine rings is 1. The monoisotopic (exact) mass is 939 g/mol. The number of rotatable bonds is 11. The lowest BCUT2D eigenvalue weighted by molar-refractivity contribution is -0.138. The Morgan fingerprint density at radius 2 is 1.54 bits per heavy atom. The molecule has 6 amide bonds. The zero-order chi connectivity index (χ0) is 46.6. The molecule has 2 aromatic carbocycles. The molecular formula is C48H50ClN13O6. The summed E-state index contributed by atoms with van der Waals surface area (Å²) in [4.78, 5) is 105. The summed E-state index contributed by atoms with van der Waals surface area (Å²) in [6, 6.07) is 17.6. The summed E-state index contributed by atoms with van der Waals surface area (Å²) in [5.41, 5.74) is 5.04. The number of fused-ring (bicyclic) bond motifs is 2. The Kier molecular flexibility index (Phi) is 11.5. The van der Waals surface area contributed by atoms with Crippen LogP contribution in [0.4, 0.5) is 22.9 Å². The minimum atomic E-state index is -1.01. The summed E-state index contributed by atoms with van der Waals surface area (Å²) in [5.74, 6) is -1.14. The maximum Gasteiger partial charge on any atom is 0.270 e. The molecule has 0 bridgehead atoms. The molecule has 4 saturated heterocycles. The van der Waals surface area contributed by atoms with E-state index < -0.39 is 29.7 Å². The molecule has 5 aromatic rings. The van der Waals surface area contributed by atoms with E-state index in [1.165, 1.54) is 5.69 Å². The number of amides is 6. The van der Waals surface area contributed by atoms with Crippen molar-refractivity contribution >= 4 is 81.1 Å². The third-order valence-electron chi connectivity index (χ3n) is 14.5. The van der Waals surface area contributed by atoms with E-state index in [4.69, 9.17) is 11.6 Å². The molecule has 1 saturated carbocycles. The molecule has 0 unspecified atom stereocenters. The number of hydrogen-bond acceptors (Lipinski definition) is 14. The molecule has 6 aliphatic rings. The average molecular weight is 940 g/mol. The zero-order valence-electron chi connectivity index (χ0n) is 37.2. The first-order valence-corrected chi connectivity index (χ1v) is 23.8. The molecular weight excluding hydrogens is 890 g/mol. The van der Waals surface area contributed by atoms with Gasteiger partial charge < -0.3 is 29.9 Å². The van der Waals surface area contributed by atoms with Gasteiger partial charge in [-0.2, -0.15) is 0 Å². The molecule has 3 N–H and O–H groups in total. The van der Waals surface area contributed by atoms with Gasteiger partial charge in [-0.1, -0.05) is 17.7 Å². The number of aromatic nitrogens is 5. The molecule has 3 aromatic heterocycles. The highest BCUT2D eigenvalue weighted by molar-refractivity contribution is 6.29. The molecule has 8 heterocycles. The normalized spacial score (nSPS) is 22.5. The Hall–Kier alpha value is -6.99. The van der Waals surface area contributed by atoms with Gasteiger partial charge in [-0.3, -0.25) is 43.9 Å². The molecule has 68 heavy (non-hydrogen) atoms. The summed E-state index contributed by atoms with van der Waals surface area (Å²) < 4.78 is 2.05. The van der Waals surface area contributed by atoms with Gasteiger partial charge in [0.05, 0.1) is 23.4 Å². The van der Waals surface area contributed by atoms with E-state index in [0.29, 0.717) is 36.0 Å². The fourth-order valence-corrected chi connectivity index (χ4v) is 10.6. The zero-order valence-corrected chi connectivity index (χ0v) is 38.0. The van der Waals surface area contributed by atoms with E-state index >= 15 is 0 Å². The highest BCUT2D eigenvalue weighted by Gasteiger charge is 2.45. The largest absolute Gasteiger partial charge is 0.370 e. The molecule has 0 radical (unpaired) electrons. The van der Waals surface area contributed by atoms with Crippen molar-refractivity contribution in [2.45, 2.75) is 56.7 Å². The van der Waals surface area contributed by atoms with Gasteiger partial charge >= 0.3 is 0 Å². The van der Waals surface area contributed by atoms with E-state index in [2.05, 4.69) is 74.5 Å². The van der Waals surface area contributed by atoms with Gasteiger partial charge in [0.15, 0.2) is 17.0 Å². The van der Waals surface area contributed by atoms with Crippen molar-refractivity contribution < 1.29 is 28.8 Å². The number of piperazine rings is 1. The first-order valence-electron chi connectivity index (χ1n) is 23.4. The van der Waals surface area contributed by atoms with Crippen molar-refractivity contribution in [1.29, 1.82) is 0 Å².